The van der Waals surface area contributed by atoms with Gasteiger partial charge in [-0.25, -0.2) is 4.39 Å². The smallest absolute Gasteiger partial charge is 0.205 e. The topological polar surface area (TPSA) is 0 Å². The minimum absolute atomic E-state index is 0.914. The molecular weight excluding hydrogens is 117 g/mol. The molecule has 0 aromatic heterocycles. The Labute approximate surface area is 45.0 Å². The van der Waals surface area contributed by atoms with Gasteiger partial charge in [-0.15, -0.1) is 0 Å². The Balaban J connectivity index is 2.77. The predicted molar refractivity (Wildman–Crippen MR) is 23.3 cm³/mol. The minimum Gasteiger partial charge on any atom is -0.205 e. The summed E-state index contributed by atoms with van der Waals surface area (Å²) < 4.78 is 35.4. The second kappa shape index (κ2) is 1.27. The Bertz CT molecular complexity index is 137. The van der Waals surface area contributed by atoms with Crippen LogP contribution in [0.1, 0.15) is 6.92 Å². The van der Waals surface area contributed by atoms with E-state index in [0.717, 1.165) is 6.08 Å². The molecular formula is C5H5F3. The maximum absolute atomic E-state index is 11.9. The van der Waals surface area contributed by atoms with Gasteiger partial charge >= 0.3 is 5.92 Å². The molecule has 0 spiro atoms. The monoisotopic (exact) mass is 122 g/mol. The molecule has 1 unspecified atom stereocenters. The highest BCUT2D eigenvalue weighted by Gasteiger charge is 2.48. The molecule has 0 aromatic carbocycles. The van der Waals surface area contributed by atoms with E-state index >= 15 is 0 Å². The van der Waals surface area contributed by atoms with Crippen LogP contribution >= 0.6 is 0 Å². The van der Waals surface area contributed by atoms with Crippen molar-refractivity contribution >= 4 is 0 Å². The van der Waals surface area contributed by atoms with Crippen molar-refractivity contribution in [2.24, 2.45) is 5.92 Å². The Morgan fingerprint density at radius 1 is 1.62 bits per heavy atom. The van der Waals surface area contributed by atoms with Crippen molar-refractivity contribution < 1.29 is 13.2 Å². The Morgan fingerprint density at radius 2 is 2.12 bits per heavy atom. The van der Waals surface area contributed by atoms with E-state index in [0.29, 0.717) is 0 Å². The van der Waals surface area contributed by atoms with Gasteiger partial charge in [0.15, 0.2) is 5.83 Å². The fourth-order valence-corrected chi connectivity index (χ4v) is 0.557. The van der Waals surface area contributed by atoms with Crippen molar-refractivity contribution in [2.45, 2.75) is 12.8 Å². The first-order valence-corrected chi connectivity index (χ1v) is 2.30. The Kier molecular flexibility index (Phi) is 0.900. The van der Waals surface area contributed by atoms with Gasteiger partial charge in [0, 0.05) is 5.92 Å². The standard InChI is InChI=1S/C5H5F3/c1-3-2-4(6)5(3,7)8/h2-3H,1H3. The van der Waals surface area contributed by atoms with Gasteiger partial charge in [0.05, 0.1) is 0 Å². The van der Waals surface area contributed by atoms with Crippen LogP contribution in [0.5, 0.6) is 0 Å². The first-order valence-electron chi connectivity index (χ1n) is 2.30. The Morgan fingerprint density at radius 3 is 2.12 bits per heavy atom. The second-order valence-corrected chi connectivity index (χ2v) is 1.93. The molecule has 0 saturated heterocycles. The molecule has 1 rings (SSSR count). The first kappa shape index (κ1) is 5.66. The van der Waals surface area contributed by atoms with Crippen molar-refractivity contribution in [3.63, 3.8) is 0 Å². The third-order valence-electron chi connectivity index (χ3n) is 1.29. The molecule has 0 fully saturated rings. The maximum atomic E-state index is 11.9. The van der Waals surface area contributed by atoms with Gasteiger partial charge in [-0.3, -0.25) is 0 Å². The van der Waals surface area contributed by atoms with Crippen LogP contribution in [-0.4, -0.2) is 5.92 Å². The second-order valence-electron chi connectivity index (χ2n) is 1.93. The van der Waals surface area contributed by atoms with E-state index in [1.54, 1.807) is 0 Å². The lowest BCUT2D eigenvalue weighted by Crippen LogP contribution is -2.33. The molecule has 1 atom stereocenters. The quantitative estimate of drug-likeness (QED) is 0.461. The van der Waals surface area contributed by atoms with E-state index in [2.05, 4.69) is 0 Å². The van der Waals surface area contributed by atoms with Gasteiger partial charge in [0.1, 0.15) is 0 Å². The fraction of sp³-hybridized carbons (Fsp3) is 0.600. The van der Waals surface area contributed by atoms with E-state index in [1.807, 2.05) is 0 Å². The van der Waals surface area contributed by atoms with Crippen LogP contribution < -0.4 is 0 Å². The van der Waals surface area contributed by atoms with Crippen LogP contribution in [0.4, 0.5) is 13.2 Å². The number of rotatable bonds is 0. The fourth-order valence-electron chi connectivity index (χ4n) is 0.557. The molecule has 1 aliphatic rings. The number of allylic oxidation sites excluding steroid dienone is 2. The molecule has 8 heavy (non-hydrogen) atoms. The van der Waals surface area contributed by atoms with Crippen LogP contribution in [0.15, 0.2) is 11.9 Å². The van der Waals surface area contributed by atoms with Gasteiger partial charge in [-0.1, -0.05) is 6.92 Å². The third-order valence-corrected chi connectivity index (χ3v) is 1.29. The zero-order valence-electron chi connectivity index (χ0n) is 4.29. The molecule has 0 heterocycles. The zero-order chi connectivity index (χ0) is 6.36. The normalized spacial score (nSPS) is 33.5. The molecule has 0 aliphatic heterocycles. The molecule has 3 heteroatoms. The first-order chi connectivity index (χ1) is 3.55. The highest BCUT2D eigenvalue weighted by Crippen LogP contribution is 2.42. The molecule has 0 N–H and O–H groups in total. The summed E-state index contributed by atoms with van der Waals surface area (Å²) in [5.74, 6) is -5.37. The third kappa shape index (κ3) is 0.471. The van der Waals surface area contributed by atoms with Crippen LogP contribution in [0.2, 0.25) is 0 Å². The summed E-state index contributed by atoms with van der Waals surface area (Å²) in [6.07, 6.45) is 0.917. The van der Waals surface area contributed by atoms with Crippen LogP contribution in [-0.2, 0) is 0 Å². The minimum atomic E-state index is -3.17. The highest BCUT2D eigenvalue weighted by atomic mass is 19.3. The van der Waals surface area contributed by atoms with E-state index in [4.69, 9.17) is 0 Å². The molecule has 0 nitrogen and oxygen atoms in total. The molecule has 0 saturated carbocycles. The van der Waals surface area contributed by atoms with Crippen molar-refractivity contribution in [3.05, 3.63) is 11.9 Å². The highest BCUT2D eigenvalue weighted by molar-refractivity contribution is 5.21. The van der Waals surface area contributed by atoms with E-state index in [1.165, 1.54) is 6.92 Å². The summed E-state index contributed by atoms with van der Waals surface area (Å²) in [6, 6.07) is 0. The number of hydrogen-bond acceptors (Lipinski definition) is 0. The molecule has 0 radical (unpaired) electrons. The maximum Gasteiger partial charge on any atom is 0.304 e. The van der Waals surface area contributed by atoms with Gasteiger partial charge in [0.2, 0.25) is 0 Å². The van der Waals surface area contributed by atoms with E-state index < -0.39 is 17.7 Å². The lowest BCUT2D eigenvalue weighted by molar-refractivity contribution is -0.0438. The van der Waals surface area contributed by atoms with Crippen LogP contribution in [0.25, 0.3) is 0 Å². The predicted octanol–water partition coefficient (Wildman–Crippen LogP) is 2.12. The van der Waals surface area contributed by atoms with Crippen LogP contribution in [0, 0.1) is 5.92 Å². The largest absolute Gasteiger partial charge is 0.304 e. The van der Waals surface area contributed by atoms with Crippen molar-refractivity contribution in [1.29, 1.82) is 0 Å². The summed E-state index contributed by atoms with van der Waals surface area (Å²) in [5.41, 5.74) is 0. The molecule has 1 aliphatic carbocycles. The lowest BCUT2D eigenvalue weighted by atomic mass is 9.91. The average Bonchev–Trinajstić information content (AvgIpc) is 1.68. The summed E-state index contributed by atoms with van der Waals surface area (Å²) in [7, 11) is 0. The van der Waals surface area contributed by atoms with E-state index in [9.17, 15) is 13.2 Å². The summed E-state index contributed by atoms with van der Waals surface area (Å²) >= 11 is 0. The SMILES string of the molecule is CC1C=C(F)C1(F)F. The number of halogens is 3. The summed E-state index contributed by atoms with van der Waals surface area (Å²) in [4.78, 5) is 0. The molecule has 46 valence electrons. The van der Waals surface area contributed by atoms with Gasteiger partial charge in [-0.2, -0.15) is 8.78 Å². The van der Waals surface area contributed by atoms with Gasteiger partial charge in [0.25, 0.3) is 0 Å². The molecule has 0 aromatic rings. The lowest BCUT2D eigenvalue weighted by Gasteiger charge is -2.27. The van der Waals surface area contributed by atoms with Crippen molar-refractivity contribution in [2.75, 3.05) is 0 Å². The van der Waals surface area contributed by atoms with Crippen LogP contribution in [0.3, 0.4) is 0 Å². The van der Waals surface area contributed by atoms with Gasteiger partial charge < -0.3 is 0 Å². The summed E-state index contributed by atoms with van der Waals surface area (Å²) in [5, 5.41) is 0. The summed E-state index contributed by atoms with van der Waals surface area (Å²) in [6.45, 7) is 1.28. The molecule has 0 bridgehead atoms. The Hall–Kier alpha value is -0.470. The average molecular weight is 122 g/mol. The van der Waals surface area contributed by atoms with Crippen molar-refractivity contribution in [3.8, 4) is 0 Å². The van der Waals surface area contributed by atoms with Crippen molar-refractivity contribution in [1.82, 2.24) is 0 Å². The number of alkyl halides is 2. The zero-order valence-corrected chi connectivity index (χ0v) is 4.29. The number of hydrogen-bond donors (Lipinski definition) is 0. The van der Waals surface area contributed by atoms with Gasteiger partial charge in [-0.05, 0) is 6.08 Å². The van der Waals surface area contributed by atoms with E-state index in [-0.39, 0.29) is 0 Å². The molecule has 0 amide bonds.